The third-order valence-corrected chi connectivity index (χ3v) is 7.97. The number of carbonyl (C=O) groups is 1. The van der Waals surface area contributed by atoms with Crippen LogP contribution in [0.15, 0.2) is 83.8 Å². The first-order valence-corrected chi connectivity index (χ1v) is 9.10. The normalized spacial score (nSPS) is 15.5. The fourth-order valence-corrected chi connectivity index (χ4v) is 6.80. The summed E-state index contributed by atoms with van der Waals surface area (Å²) in [7, 11) is 0. The minimum Gasteiger partial charge on any atom is -0.298 e. The summed E-state index contributed by atoms with van der Waals surface area (Å²) in [6.07, 6.45) is 3.93. The molecule has 0 unspecified atom stereocenters. The Morgan fingerprint density at radius 1 is 0.958 bits per heavy atom. The molecule has 0 spiro atoms. The van der Waals surface area contributed by atoms with E-state index in [-0.39, 0.29) is 0 Å². The number of hydrogen-bond donors (Lipinski definition) is 0. The summed E-state index contributed by atoms with van der Waals surface area (Å²) in [5, 5.41) is 12.2. The lowest BCUT2D eigenvalue weighted by atomic mass is 10.2. The van der Waals surface area contributed by atoms with E-state index < -0.39 is 6.89 Å². The van der Waals surface area contributed by atoms with Crippen LogP contribution in [-0.2, 0) is 4.79 Å². The van der Waals surface area contributed by atoms with Gasteiger partial charge in [-0.05, 0) is 22.8 Å². The molecular formula is C20H13N2OP. The first-order chi connectivity index (χ1) is 11.8. The molecule has 3 nitrogen and oxygen atoms in total. The first-order valence-electron chi connectivity index (χ1n) is 7.32. The molecule has 0 saturated heterocycles. The minimum absolute atomic E-state index is 0.361. The summed E-state index contributed by atoms with van der Waals surface area (Å²) >= 11 is 0. The maximum Gasteiger partial charge on any atom is 0.196 e. The molecular weight excluding hydrogens is 315 g/mol. The van der Waals surface area contributed by atoms with Gasteiger partial charge in [0.15, 0.2) is 5.44 Å². The molecule has 0 fully saturated rings. The van der Waals surface area contributed by atoms with Crippen LogP contribution in [0.25, 0.3) is 4.85 Å². The zero-order chi connectivity index (χ0) is 17.0. The van der Waals surface area contributed by atoms with E-state index in [0.29, 0.717) is 22.6 Å². The molecule has 0 aromatic heterocycles. The highest BCUT2D eigenvalue weighted by Crippen LogP contribution is 2.57. The highest BCUT2D eigenvalue weighted by atomic mass is 31.2. The van der Waals surface area contributed by atoms with Crippen molar-refractivity contribution in [3.05, 3.63) is 95.2 Å². The Balaban J connectivity index is 2.56. The summed E-state index contributed by atoms with van der Waals surface area (Å²) < 4.78 is 0. The largest absolute Gasteiger partial charge is 0.298 e. The monoisotopic (exact) mass is 328 g/mol. The zero-order valence-corrected chi connectivity index (χ0v) is 13.6. The number of nitrogens with zero attached hydrogens (tertiary/aromatic N) is 2. The predicted octanol–water partition coefficient (Wildman–Crippen LogP) is 3.25. The molecule has 4 heteroatoms. The van der Waals surface area contributed by atoms with Crippen molar-refractivity contribution in [3.63, 3.8) is 0 Å². The lowest BCUT2D eigenvalue weighted by Crippen LogP contribution is -2.23. The number of benzene rings is 2. The van der Waals surface area contributed by atoms with Crippen molar-refractivity contribution in [2.45, 2.75) is 0 Å². The second-order valence-corrected chi connectivity index (χ2v) is 8.53. The van der Waals surface area contributed by atoms with Gasteiger partial charge >= 0.3 is 0 Å². The first kappa shape index (κ1) is 15.8. The van der Waals surface area contributed by atoms with Crippen molar-refractivity contribution >= 4 is 29.1 Å². The van der Waals surface area contributed by atoms with E-state index in [4.69, 9.17) is 6.57 Å². The van der Waals surface area contributed by atoms with Gasteiger partial charge in [0.05, 0.1) is 17.9 Å². The van der Waals surface area contributed by atoms with Gasteiger partial charge < -0.3 is 0 Å². The van der Waals surface area contributed by atoms with E-state index in [1.54, 1.807) is 12.2 Å². The van der Waals surface area contributed by atoms with Crippen LogP contribution in [0.5, 0.6) is 0 Å². The van der Waals surface area contributed by atoms with Crippen molar-refractivity contribution in [2.75, 3.05) is 0 Å². The van der Waals surface area contributed by atoms with E-state index in [1.165, 1.54) is 0 Å². The Morgan fingerprint density at radius 3 is 1.92 bits per heavy atom. The Bertz CT molecular complexity index is 944. The number of hydrogen-bond acceptors (Lipinski definition) is 2. The Labute approximate surface area is 141 Å². The fraction of sp³-hybridized carbons (Fsp3) is 0. The maximum absolute atomic E-state index is 11.2. The molecule has 0 radical (unpaired) electrons. The maximum atomic E-state index is 11.2. The molecule has 0 atom stereocenters. The number of aldehydes is 1. The average Bonchev–Trinajstić information content (AvgIpc) is 2.68. The van der Waals surface area contributed by atoms with Crippen molar-refractivity contribution in [3.8, 4) is 6.07 Å². The standard InChI is InChI=1S/C20H13N2OP/c1-22-20-13-16(15-23)12-19(14-21)24(20,17-8-4-2-5-9-17)18-10-6-3-7-11-18/h2-13,15H. The van der Waals surface area contributed by atoms with E-state index in [0.717, 1.165) is 10.6 Å². The topological polar surface area (TPSA) is 45.2 Å². The van der Waals surface area contributed by atoms with E-state index in [2.05, 4.69) is 10.9 Å². The minimum atomic E-state index is -2.54. The summed E-state index contributed by atoms with van der Waals surface area (Å²) in [6, 6.07) is 21.6. The Morgan fingerprint density at radius 2 is 1.50 bits per heavy atom. The molecule has 114 valence electrons. The van der Waals surface area contributed by atoms with Crippen LogP contribution in [0.4, 0.5) is 0 Å². The number of allylic oxidation sites excluding steroid dienone is 3. The molecule has 0 aliphatic carbocycles. The smallest absolute Gasteiger partial charge is 0.196 e. The van der Waals surface area contributed by atoms with Gasteiger partial charge in [-0.15, -0.1) is 0 Å². The van der Waals surface area contributed by atoms with Gasteiger partial charge in [-0.1, -0.05) is 60.7 Å². The Kier molecular flexibility index (Phi) is 4.30. The van der Waals surface area contributed by atoms with E-state index in [1.807, 2.05) is 60.7 Å². The third kappa shape index (κ3) is 2.33. The van der Waals surface area contributed by atoms with Gasteiger partial charge in [0.25, 0.3) is 0 Å². The quantitative estimate of drug-likeness (QED) is 0.493. The number of nitriles is 1. The van der Waals surface area contributed by atoms with Crippen molar-refractivity contribution < 1.29 is 4.79 Å². The molecule has 1 aliphatic rings. The van der Waals surface area contributed by atoms with Crippen molar-refractivity contribution in [2.24, 2.45) is 0 Å². The third-order valence-electron chi connectivity index (χ3n) is 3.96. The molecule has 24 heavy (non-hydrogen) atoms. The molecule has 1 aliphatic heterocycles. The average molecular weight is 328 g/mol. The second-order valence-electron chi connectivity index (χ2n) is 5.22. The Hall–Kier alpha value is -3.13. The molecule has 3 rings (SSSR count). The van der Waals surface area contributed by atoms with Gasteiger partial charge in [0.2, 0.25) is 0 Å². The molecule has 0 amide bonds. The van der Waals surface area contributed by atoms with Gasteiger partial charge in [-0.2, -0.15) is 5.26 Å². The fourth-order valence-electron chi connectivity index (χ4n) is 2.94. The summed E-state index contributed by atoms with van der Waals surface area (Å²) in [6.45, 7) is 5.16. The number of rotatable bonds is 3. The molecule has 0 bridgehead atoms. The number of carbonyl (C=O) groups excluding carboxylic acids is 1. The van der Waals surface area contributed by atoms with Gasteiger partial charge in [-0.25, -0.2) is 4.85 Å². The summed E-state index contributed by atoms with van der Waals surface area (Å²) in [5.41, 5.74) is 0.820. The predicted molar refractivity (Wildman–Crippen MR) is 98.5 cm³/mol. The van der Waals surface area contributed by atoms with Gasteiger partial charge in [0, 0.05) is 12.5 Å². The zero-order valence-electron chi connectivity index (χ0n) is 12.8. The summed E-state index contributed by atoms with van der Waals surface area (Å²) in [5.74, 6) is 0. The van der Waals surface area contributed by atoms with Crippen LogP contribution in [0.3, 0.4) is 0 Å². The molecule has 2 aromatic rings. The van der Waals surface area contributed by atoms with Crippen LogP contribution in [-0.4, -0.2) is 11.6 Å². The van der Waals surface area contributed by atoms with Crippen LogP contribution in [0, 0.1) is 17.9 Å². The SMILES string of the molecule is [C-]#[N+]C1=CC(C=O)=CC(C#N)=P1(c1ccccc1)c1ccccc1. The van der Waals surface area contributed by atoms with Gasteiger partial charge in [0.1, 0.15) is 6.29 Å². The van der Waals surface area contributed by atoms with E-state index >= 15 is 0 Å². The molecule has 0 N–H and O–H groups in total. The second kappa shape index (κ2) is 6.55. The van der Waals surface area contributed by atoms with Crippen LogP contribution >= 0.6 is 6.89 Å². The van der Waals surface area contributed by atoms with Crippen LogP contribution in [0.2, 0.25) is 0 Å². The van der Waals surface area contributed by atoms with Crippen LogP contribution in [0.1, 0.15) is 0 Å². The highest BCUT2D eigenvalue weighted by molar-refractivity contribution is 7.93. The van der Waals surface area contributed by atoms with Crippen molar-refractivity contribution in [1.29, 1.82) is 5.26 Å². The van der Waals surface area contributed by atoms with Gasteiger partial charge in [-0.3, -0.25) is 4.79 Å². The lowest BCUT2D eigenvalue weighted by Gasteiger charge is -2.30. The van der Waals surface area contributed by atoms with Crippen LogP contribution < -0.4 is 10.6 Å². The molecule has 0 saturated carbocycles. The lowest BCUT2D eigenvalue weighted by molar-refractivity contribution is -0.104. The molecule has 1 heterocycles. The molecule has 2 aromatic carbocycles. The summed E-state index contributed by atoms with van der Waals surface area (Å²) in [4.78, 5) is 15.0. The van der Waals surface area contributed by atoms with Crippen molar-refractivity contribution in [1.82, 2.24) is 0 Å². The van der Waals surface area contributed by atoms with E-state index in [9.17, 15) is 10.1 Å². The highest BCUT2D eigenvalue weighted by Gasteiger charge is 2.34.